The highest BCUT2D eigenvalue weighted by Crippen LogP contribution is 2.20. The van der Waals surface area contributed by atoms with Gasteiger partial charge in [0.2, 0.25) is 0 Å². The lowest BCUT2D eigenvalue weighted by atomic mass is 10.0. The van der Waals surface area contributed by atoms with E-state index in [9.17, 15) is 19.2 Å². The van der Waals surface area contributed by atoms with E-state index in [0.717, 1.165) is 25.7 Å². The van der Waals surface area contributed by atoms with Crippen molar-refractivity contribution in [2.24, 2.45) is 0 Å². The average molecular weight is 1490 g/mol. The van der Waals surface area contributed by atoms with Crippen molar-refractivity contribution in [3.05, 3.63) is 48.6 Å². The first-order valence-corrected chi connectivity index (χ1v) is 47.0. The van der Waals surface area contributed by atoms with Gasteiger partial charge in [-0.15, -0.1) is 0 Å². The highest BCUT2D eigenvalue weighted by Gasteiger charge is 2.07. The van der Waals surface area contributed by atoms with E-state index in [2.05, 4.69) is 54.0 Å². The zero-order valence-corrected chi connectivity index (χ0v) is 73.2. The van der Waals surface area contributed by atoms with E-state index < -0.39 is 0 Å². The van der Waals surface area contributed by atoms with Crippen molar-refractivity contribution in [2.75, 3.05) is 26.4 Å². The summed E-state index contributed by atoms with van der Waals surface area (Å²) in [7, 11) is 0. The predicted molar refractivity (Wildman–Crippen MR) is 467 cm³/mol. The Hall–Kier alpha value is -3.16. The topological polar surface area (TPSA) is 105 Å². The van der Waals surface area contributed by atoms with E-state index in [-0.39, 0.29) is 23.9 Å². The van der Waals surface area contributed by atoms with Gasteiger partial charge in [-0.05, 0) is 53.4 Å². The number of carbonyl (C=O) groups is 4. The molecular formula is C98H188O8. The quantitative estimate of drug-likeness (QED) is 0.0257. The zero-order chi connectivity index (χ0) is 78.6. The summed E-state index contributed by atoms with van der Waals surface area (Å²) in [6.45, 7) is 32.4. The van der Waals surface area contributed by atoms with Crippen molar-refractivity contribution in [2.45, 2.75) is 531 Å². The van der Waals surface area contributed by atoms with Crippen LogP contribution in [0, 0.1) is 0 Å². The maximum atomic E-state index is 11.2. The van der Waals surface area contributed by atoms with Gasteiger partial charge >= 0.3 is 23.9 Å². The zero-order valence-electron chi connectivity index (χ0n) is 73.2. The molecule has 0 bridgehead atoms. The molecule has 0 radical (unpaired) electrons. The van der Waals surface area contributed by atoms with Crippen LogP contribution in [0.5, 0.6) is 0 Å². The lowest BCUT2D eigenvalue weighted by Crippen LogP contribution is -2.05. The Kier molecular flexibility index (Phi) is 101. The normalized spacial score (nSPS) is 10.9. The smallest absolute Gasteiger partial charge is 0.333 e. The van der Waals surface area contributed by atoms with Crippen LogP contribution >= 0.6 is 0 Å². The van der Waals surface area contributed by atoms with Gasteiger partial charge in [0.25, 0.3) is 0 Å². The third-order valence-electron chi connectivity index (χ3n) is 20.8. The lowest BCUT2D eigenvalue weighted by molar-refractivity contribution is -0.139. The molecule has 0 atom stereocenters. The van der Waals surface area contributed by atoms with E-state index >= 15 is 0 Å². The Morgan fingerprint density at radius 2 is 0.226 bits per heavy atom. The van der Waals surface area contributed by atoms with Crippen LogP contribution in [0.4, 0.5) is 0 Å². The van der Waals surface area contributed by atoms with Crippen molar-refractivity contribution in [1.29, 1.82) is 0 Å². The molecule has 0 aromatic rings. The number of unbranched alkanes of at least 4 members (excludes halogenated alkanes) is 70. The van der Waals surface area contributed by atoms with Gasteiger partial charge in [0.1, 0.15) is 0 Å². The Bertz CT molecular complexity index is 1830. The van der Waals surface area contributed by atoms with Crippen LogP contribution in [0.15, 0.2) is 48.6 Å². The molecule has 0 aliphatic rings. The third kappa shape index (κ3) is 103. The van der Waals surface area contributed by atoms with Gasteiger partial charge in [-0.2, -0.15) is 0 Å². The molecule has 0 saturated carbocycles. The molecule has 0 rings (SSSR count). The van der Waals surface area contributed by atoms with Gasteiger partial charge < -0.3 is 18.9 Å². The number of rotatable bonds is 82. The summed E-state index contributed by atoms with van der Waals surface area (Å²) in [6.07, 6.45) is 102. The van der Waals surface area contributed by atoms with Crippen LogP contribution in [-0.4, -0.2) is 50.3 Å². The molecule has 0 aromatic carbocycles. The molecule has 0 heterocycles. The Labute approximate surface area is 663 Å². The van der Waals surface area contributed by atoms with Crippen LogP contribution in [0.2, 0.25) is 0 Å². The Morgan fingerprint density at radius 3 is 0.302 bits per heavy atom. The predicted octanol–water partition coefficient (Wildman–Crippen LogP) is 33.4. The molecule has 0 N–H and O–H groups in total. The average Bonchev–Trinajstić information content (AvgIpc) is 1.46. The fourth-order valence-electron chi connectivity index (χ4n) is 13.5. The summed E-state index contributed by atoms with van der Waals surface area (Å²) in [4.78, 5) is 44.8. The number of hydrogen-bond acceptors (Lipinski definition) is 8. The second-order valence-corrected chi connectivity index (χ2v) is 32.4. The third-order valence-corrected chi connectivity index (χ3v) is 20.8. The van der Waals surface area contributed by atoms with Crippen LogP contribution in [0.25, 0.3) is 0 Å². The molecular weight excluding hydrogens is 1310 g/mol. The summed E-state index contributed by atoms with van der Waals surface area (Å²) in [5.41, 5.74) is 1.97. The van der Waals surface area contributed by atoms with Gasteiger partial charge in [0.05, 0.1) is 26.4 Å². The largest absolute Gasteiger partial charge is 0.462 e. The van der Waals surface area contributed by atoms with Crippen molar-refractivity contribution in [3.8, 4) is 0 Å². The Morgan fingerprint density at radius 1 is 0.151 bits per heavy atom. The molecule has 0 fully saturated rings. The highest BCUT2D eigenvalue weighted by atomic mass is 16.5. The summed E-state index contributed by atoms with van der Waals surface area (Å²) in [5.74, 6) is -1.01. The lowest BCUT2D eigenvalue weighted by Gasteiger charge is -2.05. The Balaban J connectivity index is -0.000000655. The molecule has 0 spiro atoms. The fraction of sp³-hybridized carbons (Fsp3) is 0.878. The fourth-order valence-corrected chi connectivity index (χ4v) is 13.5. The maximum absolute atomic E-state index is 11.2. The van der Waals surface area contributed by atoms with E-state index in [1.807, 2.05) is 0 Å². The van der Waals surface area contributed by atoms with Crippen LogP contribution in [-0.2, 0) is 38.1 Å². The van der Waals surface area contributed by atoms with Crippen molar-refractivity contribution in [1.82, 2.24) is 0 Å². The molecule has 0 aliphatic carbocycles. The highest BCUT2D eigenvalue weighted by molar-refractivity contribution is 5.88. The number of ether oxygens (including phenoxy) is 4. The SMILES string of the molecule is C=C(C)C(=O)OCCCCCCCCCCCCCCCCCCC.C=C(C)C(=O)OCCCCCCCCCCCCCCCCCCCC.C=C(C)C(=O)OCCCCCCCCCCCCCCCCCCCCC.C=C(C)C(=O)OCCCCCCCCCCCCCCCCCCCCCC. The molecule has 0 saturated heterocycles. The van der Waals surface area contributed by atoms with E-state index in [1.165, 1.54) is 449 Å². The van der Waals surface area contributed by atoms with Crippen molar-refractivity contribution in [3.63, 3.8) is 0 Å². The van der Waals surface area contributed by atoms with E-state index in [4.69, 9.17) is 18.9 Å². The number of esters is 4. The van der Waals surface area contributed by atoms with Crippen LogP contribution in [0.1, 0.15) is 531 Å². The minimum absolute atomic E-state index is 0.252. The van der Waals surface area contributed by atoms with Crippen molar-refractivity contribution >= 4 is 23.9 Å². The minimum atomic E-state index is -0.253. The summed E-state index contributed by atoms with van der Waals surface area (Å²) >= 11 is 0. The molecule has 0 aliphatic heterocycles. The summed E-state index contributed by atoms with van der Waals surface area (Å²) in [5, 5.41) is 0. The minimum Gasteiger partial charge on any atom is -0.462 e. The van der Waals surface area contributed by atoms with Gasteiger partial charge in [0.15, 0.2) is 0 Å². The molecule has 106 heavy (non-hydrogen) atoms. The van der Waals surface area contributed by atoms with Gasteiger partial charge in [-0.25, -0.2) is 19.2 Å². The monoisotopic (exact) mass is 1490 g/mol. The number of carbonyl (C=O) groups excluding carboxylic acids is 4. The standard InChI is InChI=1S/C26H50O2.C25H48O2.C24H46O2.C23H44O2/c1-4-5-6-7-8-9-10-11-12-13-14-15-16-17-18-19-20-21-22-23-24-28-26(27)25(2)3;1-4-5-6-7-8-9-10-11-12-13-14-15-16-17-18-19-20-21-22-23-27-25(26)24(2)3;1-4-5-6-7-8-9-10-11-12-13-14-15-16-17-18-19-20-21-22-26-24(25)23(2)3;1-4-5-6-7-8-9-10-11-12-13-14-15-16-17-18-19-20-21-25-23(24)22(2)3/h2,4-24H2,1,3H3;2,4-23H2,1,3H3;2,4-22H2,1,3H3;2,4-21H2,1,3H3. The second-order valence-electron chi connectivity index (χ2n) is 32.4. The van der Waals surface area contributed by atoms with Crippen molar-refractivity contribution < 1.29 is 38.1 Å². The summed E-state index contributed by atoms with van der Waals surface area (Å²) in [6, 6.07) is 0. The molecule has 0 amide bonds. The molecule has 0 unspecified atom stereocenters. The van der Waals surface area contributed by atoms with E-state index in [0.29, 0.717) is 48.7 Å². The molecule has 628 valence electrons. The first-order valence-electron chi connectivity index (χ1n) is 47.0. The van der Waals surface area contributed by atoms with Gasteiger partial charge in [-0.1, -0.05) is 503 Å². The molecule has 8 heteroatoms. The molecule has 8 nitrogen and oxygen atoms in total. The first-order chi connectivity index (χ1) is 51.7. The van der Waals surface area contributed by atoms with Crippen LogP contribution in [0.3, 0.4) is 0 Å². The molecule has 0 aromatic heterocycles. The van der Waals surface area contributed by atoms with Crippen LogP contribution < -0.4 is 0 Å². The maximum Gasteiger partial charge on any atom is 0.333 e. The summed E-state index contributed by atoms with van der Waals surface area (Å²) < 4.78 is 20.4. The van der Waals surface area contributed by atoms with E-state index in [1.54, 1.807) is 27.7 Å². The first kappa shape index (κ1) is 109. The number of hydrogen-bond donors (Lipinski definition) is 0. The van der Waals surface area contributed by atoms with Gasteiger partial charge in [-0.3, -0.25) is 0 Å². The second kappa shape index (κ2) is 97.9. The van der Waals surface area contributed by atoms with Gasteiger partial charge in [0, 0.05) is 22.3 Å².